The first-order chi connectivity index (χ1) is 4.93. The van der Waals surface area contributed by atoms with E-state index in [0.717, 1.165) is 25.2 Å². The van der Waals surface area contributed by atoms with Gasteiger partial charge in [-0.25, -0.2) is 0 Å². The molecule has 1 saturated heterocycles. The minimum atomic E-state index is 0.510. The Morgan fingerprint density at radius 1 is 1.50 bits per heavy atom. The van der Waals surface area contributed by atoms with E-state index in [1.165, 1.54) is 0 Å². The molecule has 1 aliphatic heterocycles. The Hall–Kier alpha value is -0.570. The van der Waals surface area contributed by atoms with E-state index >= 15 is 0 Å². The van der Waals surface area contributed by atoms with Gasteiger partial charge in [0, 0.05) is 6.61 Å². The van der Waals surface area contributed by atoms with Crippen molar-refractivity contribution in [3.63, 3.8) is 0 Å². The molecule has 60 valence electrons. The molecule has 0 radical (unpaired) electrons. The molecule has 0 amide bonds. The summed E-state index contributed by atoms with van der Waals surface area (Å²) >= 11 is 0. The van der Waals surface area contributed by atoms with Gasteiger partial charge in [0.2, 0.25) is 0 Å². The van der Waals surface area contributed by atoms with Crippen LogP contribution in [-0.4, -0.2) is 24.1 Å². The zero-order valence-corrected chi connectivity index (χ0v) is 6.63. The summed E-state index contributed by atoms with van der Waals surface area (Å²) in [4.78, 5) is 0. The summed E-state index contributed by atoms with van der Waals surface area (Å²) in [6.07, 6.45) is 1.87. The Morgan fingerprint density at radius 3 is 2.50 bits per heavy atom. The van der Waals surface area contributed by atoms with Crippen LogP contribution in [0.15, 0.2) is 5.16 Å². The van der Waals surface area contributed by atoms with Crippen molar-refractivity contribution in [1.29, 1.82) is 0 Å². The second-order valence-electron chi connectivity index (χ2n) is 1.82. The highest BCUT2D eigenvalue weighted by Crippen LogP contribution is 2.00. The molecule has 0 aromatic rings. The number of rotatable bonds is 0. The lowest BCUT2D eigenvalue weighted by atomic mass is 10.2. The predicted octanol–water partition coefficient (Wildman–Crippen LogP) is 1.65. The summed E-state index contributed by atoms with van der Waals surface area (Å²) in [6, 6.07) is 0. The summed E-state index contributed by atoms with van der Waals surface area (Å²) in [6.45, 7) is 5.32. The third-order valence-corrected chi connectivity index (χ3v) is 1.16. The van der Waals surface area contributed by atoms with E-state index in [-0.39, 0.29) is 0 Å². The fraction of sp³-hybridized carbons (Fsp3) is 0.857. The average molecular weight is 145 g/mol. The van der Waals surface area contributed by atoms with Crippen LogP contribution in [0, 0.1) is 0 Å². The number of hydrogen-bond donors (Lipinski definition) is 1. The van der Waals surface area contributed by atoms with Crippen LogP contribution in [0.25, 0.3) is 0 Å². The standard InChI is InChI=1S/C5H9NO2.C2H6/c7-6-5-2-1-3-8-4-5;1-2/h7H,1-4H2;1-2H3/b6-5+;. The summed E-state index contributed by atoms with van der Waals surface area (Å²) in [5.41, 5.74) is 0.760. The van der Waals surface area contributed by atoms with Gasteiger partial charge >= 0.3 is 0 Å². The lowest BCUT2D eigenvalue weighted by molar-refractivity contribution is 0.150. The Labute approximate surface area is 61.7 Å². The molecule has 0 aromatic heterocycles. The molecule has 0 atom stereocenters. The van der Waals surface area contributed by atoms with Crippen LogP contribution in [0.1, 0.15) is 26.7 Å². The van der Waals surface area contributed by atoms with Gasteiger partial charge < -0.3 is 9.94 Å². The van der Waals surface area contributed by atoms with Crippen LogP contribution >= 0.6 is 0 Å². The second-order valence-corrected chi connectivity index (χ2v) is 1.82. The van der Waals surface area contributed by atoms with Crippen molar-refractivity contribution in [2.45, 2.75) is 26.7 Å². The highest BCUT2D eigenvalue weighted by Gasteiger charge is 2.05. The molecule has 0 spiro atoms. The number of hydrogen-bond acceptors (Lipinski definition) is 3. The van der Waals surface area contributed by atoms with Gasteiger partial charge in [0.15, 0.2) is 0 Å². The van der Waals surface area contributed by atoms with Crippen molar-refractivity contribution in [2.75, 3.05) is 13.2 Å². The molecule has 0 aromatic carbocycles. The van der Waals surface area contributed by atoms with E-state index < -0.39 is 0 Å². The molecule has 0 unspecified atom stereocenters. The highest BCUT2D eigenvalue weighted by molar-refractivity contribution is 5.85. The Kier molecular flexibility index (Phi) is 6.18. The summed E-state index contributed by atoms with van der Waals surface area (Å²) < 4.78 is 4.98. The zero-order chi connectivity index (χ0) is 7.82. The van der Waals surface area contributed by atoms with Crippen LogP contribution in [0.5, 0.6) is 0 Å². The largest absolute Gasteiger partial charge is 0.411 e. The summed E-state index contributed by atoms with van der Waals surface area (Å²) in [5, 5.41) is 11.2. The molecule has 0 aliphatic carbocycles. The Morgan fingerprint density at radius 2 is 2.20 bits per heavy atom. The molecule has 0 bridgehead atoms. The van der Waals surface area contributed by atoms with Gasteiger partial charge in [0.1, 0.15) is 0 Å². The second kappa shape index (κ2) is 6.55. The van der Waals surface area contributed by atoms with Crippen LogP contribution < -0.4 is 0 Å². The zero-order valence-electron chi connectivity index (χ0n) is 6.63. The fourth-order valence-electron chi connectivity index (χ4n) is 0.719. The first kappa shape index (κ1) is 9.43. The van der Waals surface area contributed by atoms with Crippen molar-refractivity contribution < 1.29 is 9.94 Å². The molecule has 1 fully saturated rings. The quantitative estimate of drug-likeness (QED) is 0.416. The van der Waals surface area contributed by atoms with E-state index in [4.69, 9.17) is 9.94 Å². The SMILES string of the molecule is CC.O/N=C1\CCCOC1. The van der Waals surface area contributed by atoms with Crippen LogP contribution in [-0.2, 0) is 4.74 Å². The molecule has 3 heteroatoms. The topological polar surface area (TPSA) is 41.8 Å². The third-order valence-electron chi connectivity index (χ3n) is 1.16. The van der Waals surface area contributed by atoms with E-state index in [1.54, 1.807) is 0 Å². The molecule has 3 nitrogen and oxygen atoms in total. The number of ether oxygens (including phenoxy) is 1. The molecule has 1 rings (SSSR count). The lowest BCUT2D eigenvalue weighted by Gasteiger charge is -2.10. The minimum Gasteiger partial charge on any atom is -0.411 e. The van der Waals surface area contributed by atoms with Gasteiger partial charge in [-0.1, -0.05) is 19.0 Å². The molecular formula is C7H15NO2. The van der Waals surface area contributed by atoms with Gasteiger partial charge in [-0.05, 0) is 12.8 Å². The van der Waals surface area contributed by atoms with E-state index in [0.29, 0.717) is 6.61 Å². The van der Waals surface area contributed by atoms with Crippen molar-refractivity contribution in [1.82, 2.24) is 0 Å². The lowest BCUT2D eigenvalue weighted by Crippen LogP contribution is -2.16. The van der Waals surface area contributed by atoms with Crippen molar-refractivity contribution >= 4 is 5.71 Å². The van der Waals surface area contributed by atoms with Gasteiger partial charge in [0.25, 0.3) is 0 Å². The normalized spacial score (nSPS) is 21.6. The molecule has 1 aliphatic rings. The highest BCUT2D eigenvalue weighted by atomic mass is 16.5. The van der Waals surface area contributed by atoms with Crippen LogP contribution in [0.4, 0.5) is 0 Å². The molecule has 1 N–H and O–H groups in total. The number of oxime groups is 1. The maximum atomic E-state index is 8.20. The van der Waals surface area contributed by atoms with E-state index in [2.05, 4.69) is 5.16 Å². The van der Waals surface area contributed by atoms with Crippen LogP contribution in [0.2, 0.25) is 0 Å². The fourth-order valence-corrected chi connectivity index (χ4v) is 0.719. The van der Waals surface area contributed by atoms with Crippen molar-refractivity contribution in [3.05, 3.63) is 0 Å². The average Bonchev–Trinajstić information content (AvgIpc) is 2.10. The van der Waals surface area contributed by atoms with Crippen LogP contribution in [0.3, 0.4) is 0 Å². The van der Waals surface area contributed by atoms with Gasteiger partial charge in [-0.15, -0.1) is 0 Å². The summed E-state index contributed by atoms with van der Waals surface area (Å²) in [5.74, 6) is 0. The summed E-state index contributed by atoms with van der Waals surface area (Å²) in [7, 11) is 0. The van der Waals surface area contributed by atoms with Crippen molar-refractivity contribution in [3.8, 4) is 0 Å². The maximum absolute atomic E-state index is 8.20. The monoisotopic (exact) mass is 145 g/mol. The Bertz CT molecular complexity index is 93.8. The van der Waals surface area contributed by atoms with Gasteiger partial charge in [0.05, 0.1) is 12.3 Å². The first-order valence-corrected chi connectivity index (χ1v) is 3.71. The minimum absolute atomic E-state index is 0.510. The molecule has 10 heavy (non-hydrogen) atoms. The Balaban J connectivity index is 0.000000371. The van der Waals surface area contributed by atoms with E-state index in [9.17, 15) is 0 Å². The van der Waals surface area contributed by atoms with E-state index in [1.807, 2.05) is 13.8 Å². The smallest absolute Gasteiger partial charge is 0.0881 e. The first-order valence-electron chi connectivity index (χ1n) is 3.71. The third kappa shape index (κ3) is 3.45. The van der Waals surface area contributed by atoms with Gasteiger partial charge in [-0.2, -0.15) is 0 Å². The van der Waals surface area contributed by atoms with Crippen molar-refractivity contribution in [2.24, 2.45) is 5.16 Å². The number of nitrogens with zero attached hydrogens (tertiary/aromatic N) is 1. The molecule has 0 saturated carbocycles. The van der Waals surface area contributed by atoms with Gasteiger partial charge in [-0.3, -0.25) is 0 Å². The predicted molar refractivity (Wildman–Crippen MR) is 40.6 cm³/mol. The molecular weight excluding hydrogens is 130 g/mol. The maximum Gasteiger partial charge on any atom is 0.0881 e. The molecule has 1 heterocycles.